The highest BCUT2D eigenvalue weighted by Crippen LogP contribution is 2.38. The summed E-state index contributed by atoms with van der Waals surface area (Å²) in [5, 5.41) is 0. The number of esters is 1. The molecule has 0 aliphatic heterocycles. The van der Waals surface area contributed by atoms with E-state index >= 15 is 0 Å². The molecule has 1 saturated carbocycles. The molecule has 98 valence electrons. The van der Waals surface area contributed by atoms with Crippen molar-refractivity contribution in [2.45, 2.75) is 44.1 Å². The van der Waals surface area contributed by atoms with Crippen LogP contribution in [0.4, 0.5) is 0 Å². The molecule has 3 heteroatoms. The molecule has 0 saturated heterocycles. The van der Waals surface area contributed by atoms with Gasteiger partial charge < -0.3 is 4.74 Å². The van der Waals surface area contributed by atoms with E-state index in [-0.39, 0.29) is 11.9 Å². The Kier molecular flexibility index (Phi) is 4.65. The number of ether oxygens (including phenoxy) is 1. The monoisotopic (exact) mass is 266 g/mol. The molecule has 0 unspecified atom stereocenters. The first kappa shape index (κ1) is 13.4. The van der Waals surface area contributed by atoms with Gasteiger partial charge in [0.1, 0.15) is 0 Å². The number of hydrogen-bond donors (Lipinski definition) is 0. The van der Waals surface area contributed by atoms with Crippen molar-refractivity contribution in [1.82, 2.24) is 0 Å². The predicted molar refractivity (Wildman–Crippen MR) is 72.5 cm³/mol. The van der Waals surface area contributed by atoms with Gasteiger partial charge in [-0.3, -0.25) is 4.79 Å². The summed E-state index contributed by atoms with van der Waals surface area (Å²) >= 11 is 5.77. The summed E-state index contributed by atoms with van der Waals surface area (Å²) in [5.41, 5.74) is 0.483. The molecule has 2 atom stereocenters. The number of benzene rings is 1. The minimum Gasteiger partial charge on any atom is -0.446 e. The first-order valence-corrected chi connectivity index (χ1v) is 7.01. The average Bonchev–Trinajstić information content (AvgIpc) is 2.83. The molecule has 1 fully saturated rings. The Morgan fingerprint density at radius 1 is 1.28 bits per heavy atom. The Bertz CT molecular complexity index is 383. The van der Waals surface area contributed by atoms with Crippen molar-refractivity contribution in [3.63, 3.8) is 0 Å². The van der Waals surface area contributed by atoms with Gasteiger partial charge in [0, 0.05) is 0 Å². The molecular formula is C15H19ClO2. The van der Waals surface area contributed by atoms with Gasteiger partial charge in [-0.15, -0.1) is 0 Å². The molecule has 0 spiro atoms. The summed E-state index contributed by atoms with van der Waals surface area (Å²) in [6.07, 6.45) is 4.62. The Morgan fingerprint density at radius 3 is 2.44 bits per heavy atom. The molecule has 2 nitrogen and oxygen atoms in total. The van der Waals surface area contributed by atoms with Crippen LogP contribution in [0.25, 0.3) is 0 Å². The molecule has 18 heavy (non-hydrogen) atoms. The first-order chi connectivity index (χ1) is 8.68. The zero-order valence-corrected chi connectivity index (χ0v) is 11.4. The fourth-order valence-electron chi connectivity index (χ4n) is 2.79. The number of carbonyl (C=O) groups excluding carboxylic acids is 1. The minimum absolute atomic E-state index is 0.158. The first-order valence-electron chi connectivity index (χ1n) is 6.58. The van der Waals surface area contributed by atoms with Crippen molar-refractivity contribution in [1.29, 1.82) is 0 Å². The normalized spacial score (nSPS) is 19.4. The van der Waals surface area contributed by atoms with Gasteiger partial charge in [0.05, 0.1) is 5.92 Å². The maximum Gasteiger partial charge on any atom is 0.315 e. The van der Waals surface area contributed by atoms with E-state index in [0.29, 0.717) is 5.92 Å². The van der Waals surface area contributed by atoms with Gasteiger partial charge in [0.2, 0.25) is 0 Å². The average molecular weight is 267 g/mol. The Morgan fingerprint density at radius 2 is 1.89 bits per heavy atom. The lowest BCUT2D eigenvalue weighted by Crippen LogP contribution is -2.24. The van der Waals surface area contributed by atoms with E-state index in [1.807, 2.05) is 30.3 Å². The van der Waals surface area contributed by atoms with Gasteiger partial charge in [-0.25, -0.2) is 0 Å². The van der Waals surface area contributed by atoms with Crippen LogP contribution in [0.15, 0.2) is 30.3 Å². The van der Waals surface area contributed by atoms with E-state index in [1.165, 1.54) is 12.8 Å². The molecule has 1 aliphatic carbocycles. The van der Waals surface area contributed by atoms with Crippen LogP contribution in [-0.4, -0.2) is 11.5 Å². The lowest BCUT2D eigenvalue weighted by molar-refractivity contribution is -0.148. The highest BCUT2D eigenvalue weighted by molar-refractivity contribution is 6.20. The van der Waals surface area contributed by atoms with Gasteiger partial charge in [-0.05, 0) is 31.2 Å². The summed E-state index contributed by atoms with van der Waals surface area (Å²) in [4.78, 5) is 12.2. The van der Waals surface area contributed by atoms with Gasteiger partial charge in [0.25, 0.3) is 0 Å². The van der Waals surface area contributed by atoms with Gasteiger partial charge in [0.15, 0.2) is 5.56 Å². The Balaban J connectivity index is 2.20. The third-order valence-corrected chi connectivity index (χ3v) is 3.65. The van der Waals surface area contributed by atoms with E-state index < -0.39 is 5.56 Å². The van der Waals surface area contributed by atoms with Crippen LogP contribution < -0.4 is 0 Å². The van der Waals surface area contributed by atoms with Crippen LogP contribution >= 0.6 is 11.6 Å². The number of alkyl halides is 1. The number of carbonyl (C=O) groups is 1. The molecule has 0 heterocycles. The van der Waals surface area contributed by atoms with Crippen LogP contribution in [0.1, 0.15) is 44.1 Å². The number of rotatable bonds is 4. The second-order valence-corrected chi connectivity index (χ2v) is 5.53. The highest BCUT2D eigenvalue weighted by Gasteiger charge is 2.33. The second kappa shape index (κ2) is 6.24. The summed E-state index contributed by atoms with van der Waals surface area (Å²) < 4.78 is 5.21. The fraction of sp³-hybridized carbons (Fsp3) is 0.533. The summed E-state index contributed by atoms with van der Waals surface area (Å²) in [5.74, 6) is 0.0563. The largest absolute Gasteiger partial charge is 0.446 e. The van der Waals surface area contributed by atoms with Crippen molar-refractivity contribution in [2.24, 2.45) is 5.92 Å². The molecule has 0 N–H and O–H groups in total. The SMILES string of the molecule is C[C@@H](Cl)OC(=O)[C@H](c1ccccc1)C1CCCC1. The predicted octanol–water partition coefficient (Wildman–Crippen LogP) is 4.09. The summed E-state index contributed by atoms with van der Waals surface area (Å²) in [7, 11) is 0. The van der Waals surface area contributed by atoms with Crippen LogP contribution in [-0.2, 0) is 9.53 Å². The lowest BCUT2D eigenvalue weighted by atomic mass is 9.85. The highest BCUT2D eigenvalue weighted by atomic mass is 35.5. The molecule has 0 amide bonds. The fourth-order valence-corrected chi connectivity index (χ4v) is 2.87. The standard InChI is InChI=1S/C15H19ClO2/c1-11(16)18-15(17)14(13-9-5-6-10-13)12-7-3-2-4-8-12/h2-4,7-8,11,13-14H,5-6,9-10H2,1H3/t11-,14+/m0/s1. The van der Waals surface area contributed by atoms with Crippen molar-refractivity contribution in [3.8, 4) is 0 Å². The maximum absolute atomic E-state index is 12.2. The quantitative estimate of drug-likeness (QED) is 0.606. The van der Waals surface area contributed by atoms with Gasteiger partial charge in [-0.1, -0.05) is 54.8 Å². The molecule has 1 aromatic carbocycles. The third kappa shape index (κ3) is 3.26. The van der Waals surface area contributed by atoms with Crippen molar-refractivity contribution >= 4 is 17.6 Å². The van der Waals surface area contributed by atoms with Crippen LogP contribution in [0, 0.1) is 5.92 Å². The molecule has 0 aromatic heterocycles. The lowest BCUT2D eigenvalue weighted by Gasteiger charge is -2.22. The van der Waals surface area contributed by atoms with E-state index in [2.05, 4.69) is 0 Å². The van der Waals surface area contributed by atoms with Crippen molar-refractivity contribution < 1.29 is 9.53 Å². The van der Waals surface area contributed by atoms with Gasteiger partial charge >= 0.3 is 5.97 Å². The third-order valence-electron chi connectivity index (χ3n) is 3.56. The van der Waals surface area contributed by atoms with E-state index in [9.17, 15) is 4.79 Å². The van der Waals surface area contributed by atoms with Crippen molar-refractivity contribution in [2.75, 3.05) is 0 Å². The number of halogens is 1. The number of hydrogen-bond acceptors (Lipinski definition) is 2. The zero-order valence-electron chi connectivity index (χ0n) is 10.6. The summed E-state index contributed by atoms with van der Waals surface area (Å²) in [6.45, 7) is 1.68. The van der Waals surface area contributed by atoms with Gasteiger partial charge in [-0.2, -0.15) is 0 Å². The molecule has 2 rings (SSSR count). The minimum atomic E-state index is -0.565. The maximum atomic E-state index is 12.2. The van der Waals surface area contributed by atoms with E-state index in [4.69, 9.17) is 16.3 Å². The van der Waals surface area contributed by atoms with Crippen LogP contribution in [0.5, 0.6) is 0 Å². The molecule has 0 bridgehead atoms. The molecular weight excluding hydrogens is 248 g/mol. The van der Waals surface area contributed by atoms with Crippen LogP contribution in [0.3, 0.4) is 0 Å². The van der Waals surface area contributed by atoms with E-state index in [0.717, 1.165) is 18.4 Å². The summed E-state index contributed by atoms with van der Waals surface area (Å²) in [6, 6.07) is 9.90. The molecule has 0 radical (unpaired) electrons. The van der Waals surface area contributed by atoms with Crippen LogP contribution in [0.2, 0.25) is 0 Å². The Hall–Kier alpha value is -1.02. The zero-order chi connectivity index (χ0) is 13.0. The molecule has 1 aromatic rings. The smallest absolute Gasteiger partial charge is 0.315 e. The topological polar surface area (TPSA) is 26.3 Å². The van der Waals surface area contributed by atoms with Crippen molar-refractivity contribution in [3.05, 3.63) is 35.9 Å². The molecule has 1 aliphatic rings. The van der Waals surface area contributed by atoms with E-state index in [1.54, 1.807) is 6.92 Å². The second-order valence-electron chi connectivity index (χ2n) is 4.91. The Labute approximate surface area is 113 Å².